The monoisotopic (exact) mass is 406 g/mol. The van der Waals surface area contributed by atoms with E-state index in [1.54, 1.807) is 6.92 Å². The minimum atomic E-state index is -0.994. The van der Waals surface area contributed by atoms with Crippen molar-refractivity contribution in [3.05, 3.63) is 30.3 Å². The zero-order valence-corrected chi connectivity index (χ0v) is 17.1. The van der Waals surface area contributed by atoms with Crippen molar-refractivity contribution in [3.8, 4) is 0 Å². The molecule has 134 valence electrons. The van der Waals surface area contributed by atoms with Gasteiger partial charge in [-0.05, 0) is 0 Å². The molecule has 0 unspecified atom stereocenters. The van der Waals surface area contributed by atoms with Crippen molar-refractivity contribution in [3.63, 3.8) is 0 Å². The number of hydrogen-bond donors (Lipinski definition) is 0. The average molecular weight is 405 g/mol. The minimum absolute atomic E-state index is 0.0333. The van der Waals surface area contributed by atoms with Gasteiger partial charge in [0.05, 0.1) is 0 Å². The second-order valence-electron chi connectivity index (χ2n) is 8.27. The van der Waals surface area contributed by atoms with Crippen LogP contribution in [0.3, 0.4) is 0 Å². The molecule has 4 heteroatoms. The van der Waals surface area contributed by atoms with E-state index in [0.717, 1.165) is 10.9 Å². The molecule has 0 aliphatic heterocycles. The van der Waals surface area contributed by atoms with Crippen LogP contribution in [-0.4, -0.2) is 32.3 Å². The van der Waals surface area contributed by atoms with Crippen LogP contribution in [0.2, 0.25) is 4.31 Å². The van der Waals surface area contributed by atoms with Crippen molar-refractivity contribution in [1.82, 2.24) is 0 Å². The van der Waals surface area contributed by atoms with Gasteiger partial charge in [0.15, 0.2) is 0 Å². The van der Waals surface area contributed by atoms with Crippen LogP contribution in [0.1, 0.15) is 53.4 Å². The van der Waals surface area contributed by atoms with Gasteiger partial charge in [-0.15, -0.1) is 0 Å². The van der Waals surface area contributed by atoms with Crippen molar-refractivity contribution in [2.24, 2.45) is 16.7 Å². The summed E-state index contributed by atoms with van der Waals surface area (Å²) in [6.45, 7) is 7.51. The number of Topliss-reactive ketones (excluding diaryl/α,β-unsaturated/α-hetero) is 3. The topological polar surface area (TPSA) is 51.2 Å². The molecule has 3 nitrogen and oxygen atoms in total. The standard InChI is InChI=1S/C21H26O3Se/c1-14(2)16(22)21-12-8-11-19(3,18(21)24)17(23)20(4,13-21)25-15-9-6-5-7-10-15/h5-7,9-10,14H,8,11-13H2,1-4H3/t19-,20+,21+/m0/s1. The van der Waals surface area contributed by atoms with Crippen LogP contribution in [0, 0.1) is 16.7 Å². The first-order chi connectivity index (χ1) is 11.7. The predicted octanol–water partition coefficient (Wildman–Crippen LogP) is 3.14. The zero-order valence-electron chi connectivity index (χ0n) is 15.4. The quantitative estimate of drug-likeness (QED) is 0.571. The van der Waals surface area contributed by atoms with Gasteiger partial charge in [-0.25, -0.2) is 0 Å². The molecule has 0 aromatic heterocycles. The van der Waals surface area contributed by atoms with Gasteiger partial charge < -0.3 is 0 Å². The van der Waals surface area contributed by atoms with E-state index in [0.29, 0.717) is 19.3 Å². The molecular weight excluding hydrogens is 379 g/mol. The second kappa shape index (κ2) is 6.17. The van der Waals surface area contributed by atoms with Gasteiger partial charge in [0.2, 0.25) is 0 Å². The number of rotatable bonds is 4. The molecule has 3 rings (SSSR count). The predicted molar refractivity (Wildman–Crippen MR) is 99.1 cm³/mol. The van der Waals surface area contributed by atoms with Gasteiger partial charge in [-0.1, -0.05) is 0 Å². The summed E-state index contributed by atoms with van der Waals surface area (Å²) in [5.41, 5.74) is -1.95. The number of benzene rings is 1. The van der Waals surface area contributed by atoms with E-state index in [-0.39, 0.29) is 38.2 Å². The Labute approximate surface area is 156 Å². The van der Waals surface area contributed by atoms with Gasteiger partial charge >= 0.3 is 156 Å². The third-order valence-electron chi connectivity index (χ3n) is 5.92. The third kappa shape index (κ3) is 2.74. The molecule has 3 atom stereocenters. The SMILES string of the molecule is CC(C)C(=O)[C@]12CCC[C@](C)(C1=O)C(=O)[C@](C)([Se]c1ccccc1)C2. The Morgan fingerprint density at radius 1 is 1.04 bits per heavy atom. The molecule has 2 aliphatic rings. The van der Waals surface area contributed by atoms with E-state index in [1.807, 2.05) is 51.1 Å². The summed E-state index contributed by atoms with van der Waals surface area (Å²) >= 11 is -0.104. The molecule has 2 bridgehead atoms. The fraction of sp³-hybridized carbons (Fsp3) is 0.571. The number of fused-ring (bicyclic) bond motifs is 2. The maximum absolute atomic E-state index is 13.4. The Kier molecular flexibility index (Phi) is 4.58. The van der Waals surface area contributed by atoms with E-state index in [4.69, 9.17) is 0 Å². The number of carbonyl (C=O) groups excluding carboxylic acids is 3. The molecule has 2 fully saturated rings. The molecule has 0 amide bonds. The van der Waals surface area contributed by atoms with Gasteiger partial charge in [-0.2, -0.15) is 0 Å². The summed E-state index contributed by atoms with van der Waals surface area (Å²) in [4.78, 5) is 39.8. The van der Waals surface area contributed by atoms with E-state index >= 15 is 0 Å². The van der Waals surface area contributed by atoms with Crippen LogP contribution in [0.5, 0.6) is 0 Å². The number of carbonyl (C=O) groups is 3. The van der Waals surface area contributed by atoms with Crippen molar-refractivity contribution in [2.75, 3.05) is 0 Å². The fourth-order valence-corrected chi connectivity index (χ4v) is 7.87. The molecular formula is C21H26O3Se. The van der Waals surface area contributed by atoms with Crippen LogP contribution in [0.15, 0.2) is 30.3 Å². The van der Waals surface area contributed by atoms with Gasteiger partial charge in [0, 0.05) is 0 Å². The average Bonchev–Trinajstić information content (AvgIpc) is 2.57. The first-order valence-electron chi connectivity index (χ1n) is 9.04. The molecule has 1 aromatic carbocycles. The molecule has 0 heterocycles. The van der Waals surface area contributed by atoms with Crippen molar-refractivity contribution >= 4 is 36.8 Å². The van der Waals surface area contributed by atoms with E-state index < -0.39 is 15.1 Å². The summed E-state index contributed by atoms with van der Waals surface area (Å²) in [6, 6.07) is 10.0. The van der Waals surface area contributed by atoms with E-state index in [9.17, 15) is 14.4 Å². The summed E-state index contributed by atoms with van der Waals surface area (Å²) in [6.07, 6.45) is 2.35. The van der Waals surface area contributed by atoms with Crippen LogP contribution < -0.4 is 4.46 Å². The molecule has 1 aromatic rings. The molecule has 2 saturated carbocycles. The summed E-state index contributed by atoms with van der Waals surface area (Å²) < 4.78 is 0.538. The van der Waals surface area contributed by atoms with Crippen molar-refractivity contribution in [2.45, 2.75) is 57.7 Å². The Hall–Kier alpha value is -1.25. The summed E-state index contributed by atoms with van der Waals surface area (Å²) in [5, 5.41) is 0. The Balaban J connectivity index is 2.08. The van der Waals surface area contributed by atoms with Gasteiger partial charge in [0.25, 0.3) is 0 Å². The molecule has 2 aliphatic carbocycles. The molecule has 0 radical (unpaired) electrons. The summed E-state index contributed by atoms with van der Waals surface area (Å²) in [7, 11) is 0. The summed E-state index contributed by atoms with van der Waals surface area (Å²) in [5.74, 6) is -0.198. The normalized spacial score (nSPS) is 35.1. The number of ketones is 3. The molecule has 0 saturated heterocycles. The Morgan fingerprint density at radius 3 is 2.28 bits per heavy atom. The zero-order chi connectivity index (χ0) is 18.5. The number of hydrogen-bond acceptors (Lipinski definition) is 3. The van der Waals surface area contributed by atoms with Crippen molar-refractivity contribution in [1.29, 1.82) is 0 Å². The van der Waals surface area contributed by atoms with Crippen LogP contribution in [-0.2, 0) is 14.4 Å². The Bertz CT molecular complexity index is 726. The maximum atomic E-state index is 13.4. The first kappa shape index (κ1) is 18.5. The molecule has 0 N–H and O–H groups in total. The first-order valence-corrected chi connectivity index (χ1v) is 10.8. The van der Waals surface area contributed by atoms with Crippen molar-refractivity contribution < 1.29 is 14.4 Å². The van der Waals surface area contributed by atoms with Gasteiger partial charge in [-0.3, -0.25) is 0 Å². The van der Waals surface area contributed by atoms with Crippen LogP contribution in [0.4, 0.5) is 0 Å². The van der Waals surface area contributed by atoms with Gasteiger partial charge in [0.1, 0.15) is 0 Å². The third-order valence-corrected chi connectivity index (χ3v) is 8.62. The second-order valence-corrected chi connectivity index (χ2v) is 11.6. The van der Waals surface area contributed by atoms with E-state index in [1.165, 1.54) is 0 Å². The van der Waals surface area contributed by atoms with Crippen LogP contribution in [0.25, 0.3) is 0 Å². The Morgan fingerprint density at radius 2 is 1.68 bits per heavy atom. The molecule has 25 heavy (non-hydrogen) atoms. The fourth-order valence-electron chi connectivity index (χ4n) is 4.83. The van der Waals surface area contributed by atoms with Crippen LogP contribution >= 0.6 is 0 Å². The molecule has 0 spiro atoms. The van der Waals surface area contributed by atoms with E-state index in [2.05, 4.69) is 0 Å².